The third-order valence-electron chi connectivity index (χ3n) is 2.28. The summed E-state index contributed by atoms with van der Waals surface area (Å²) in [5, 5.41) is 2.77. The molecule has 0 saturated carbocycles. The van der Waals surface area contributed by atoms with Crippen LogP contribution in [0.5, 0.6) is 0 Å². The molecule has 0 fully saturated rings. The van der Waals surface area contributed by atoms with Crippen LogP contribution in [-0.4, -0.2) is 17.6 Å². The van der Waals surface area contributed by atoms with Gasteiger partial charge in [-0.05, 0) is 19.1 Å². The summed E-state index contributed by atoms with van der Waals surface area (Å²) in [6, 6.07) is 2.24. The zero-order valence-corrected chi connectivity index (χ0v) is 12.6. The Kier molecular flexibility index (Phi) is 4.66. The normalized spacial score (nSPS) is 10.4. The summed E-state index contributed by atoms with van der Waals surface area (Å²) in [4.78, 5) is 15.5. The highest BCUT2D eigenvalue weighted by atomic mass is 79.9. The minimum atomic E-state index is -0.778. The molecule has 0 bridgehead atoms. The molecular formula is C12H9BrF2N2O2S. The van der Waals surface area contributed by atoms with E-state index in [1.165, 1.54) is 5.51 Å². The Labute approximate surface area is 125 Å². The largest absolute Gasteiger partial charge is 0.461 e. The highest BCUT2D eigenvalue weighted by molar-refractivity contribution is 9.10. The molecule has 0 unspecified atom stereocenters. The van der Waals surface area contributed by atoms with Gasteiger partial charge in [-0.3, -0.25) is 0 Å². The van der Waals surface area contributed by atoms with Crippen molar-refractivity contribution >= 4 is 43.9 Å². The van der Waals surface area contributed by atoms with Crippen LogP contribution in [0, 0.1) is 11.6 Å². The SMILES string of the molecule is CCOC(=O)c1ncsc1Nc1c(F)cc(Br)cc1F. The zero-order valence-electron chi connectivity index (χ0n) is 10.2. The van der Waals surface area contributed by atoms with Crippen molar-refractivity contribution in [2.75, 3.05) is 11.9 Å². The van der Waals surface area contributed by atoms with Crippen molar-refractivity contribution in [3.05, 3.63) is 39.4 Å². The van der Waals surface area contributed by atoms with Crippen molar-refractivity contribution in [2.24, 2.45) is 0 Å². The highest BCUT2D eigenvalue weighted by Crippen LogP contribution is 2.30. The van der Waals surface area contributed by atoms with Crippen LogP contribution in [0.25, 0.3) is 0 Å². The first kappa shape index (κ1) is 14.9. The Bertz CT molecular complexity index is 625. The van der Waals surface area contributed by atoms with Crippen LogP contribution in [0.1, 0.15) is 17.4 Å². The van der Waals surface area contributed by atoms with Crippen molar-refractivity contribution in [1.82, 2.24) is 4.98 Å². The molecular weight excluding hydrogens is 354 g/mol. The number of hydrogen-bond acceptors (Lipinski definition) is 5. The summed E-state index contributed by atoms with van der Waals surface area (Å²) < 4.78 is 32.5. The van der Waals surface area contributed by atoms with Gasteiger partial charge in [0.15, 0.2) is 17.3 Å². The number of esters is 1. The van der Waals surface area contributed by atoms with Crippen molar-refractivity contribution < 1.29 is 18.3 Å². The Morgan fingerprint density at radius 1 is 1.45 bits per heavy atom. The fourth-order valence-corrected chi connectivity index (χ4v) is 2.53. The molecule has 0 amide bonds. The third kappa shape index (κ3) is 3.13. The molecule has 0 radical (unpaired) electrons. The summed E-state index contributed by atoms with van der Waals surface area (Å²) in [5.41, 5.74) is 1.05. The van der Waals surface area contributed by atoms with E-state index in [9.17, 15) is 13.6 Å². The van der Waals surface area contributed by atoms with E-state index in [0.717, 1.165) is 23.5 Å². The van der Waals surface area contributed by atoms with E-state index < -0.39 is 17.6 Å². The minimum absolute atomic E-state index is 0.00133. The lowest BCUT2D eigenvalue weighted by Gasteiger charge is -2.08. The maximum Gasteiger partial charge on any atom is 0.360 e. The molecule has 0 saturated heterocycles. The second-order valence-electron chi connectivity index (χ2n) is 3.62. The van der Waals surface area contributed by atoms with E-state index in [2.05, 4.69) is 26.2 Å². The molecule has 2 rings (SSSR count). The van der Waals surface area contributed by atoms with Crippen LogP contribution in [0.15, 0.2) is 22.1 Å². The van der Waals surface area contributed by atoms with Crippen LogP contribution in [0.3, 0.4) is 0 Å². The number of benzene rings is 1. The highest BCUT2D eigenvalue weighted by Gasteiger charge is 2.19. The Balaban J connectivity index is 2.32. The molecule has 2 aromatic rings. The fourth-order valence-electron chi connectivity index (χ4n) is 1.45. The number of aromatic nitrogens is 1. The summed E-state index contributed by atoms with van der Waals surface area (Å²) >= 11 is 4.04. The average Bonchev–Trinajstić information content (AvgIpc) is 2.82. The lowest BCUT2D eigenvalue weighted by molar-refractivity contribution is 0.0521. The number of carbonyl (C=O) groups is 1. The molecule has 106 valence electrons. The molecule has 4 nitrogen and oxygen atoms in total. The van der Waals surface area contributed by atoms with E-state index in [0.29, 0.717) is 0 Å². The van der Waals surface area contributed by atoms with E-state index in [4.69, 9.17) is 4.74 Å². The number of halogens is 3. The molecule has 0 atom stereocenters. The maximum absolute atomic E-state index is 13.7. The van der Waals surface area contributed by atoms with Gasteiger partial charge in [-0.15, -0.1) is 11.3 Å². The smallest absolute Gasteiger partial charge is 0.360 e. The first-order valence-corrected chi connectivity index (χ1v) is 7.22. The Morgan fingerprint density at radius 3 is 2.70 bits per heavy atom. The molecule has 0 aliphatic carbocycles. The molecule has 1 heterocycles. The molecule has 1 aromatic carbocycles. The number of anilines is 2. The molecule has 0 aliphatic heterocycles. The van der Waals surface area contributed by atoms with Crippen molar-refractivity contribution in [3.63, 3.8) is 0 Å². The van der Waals surface area contributed by atoms with Gasteiger partial charge in [-0.2, -0.15) is 0 Å². The number of ether oxygens (including phenoxy) is 1. The van der Waals surface area contributed by atoms with Crippen LogP contribution >= 0.6 is 27.3 Å². The van der Waals surface area contributed by atoms with Crippen LogP contribution in [0.2, 0.25) is 0 Å². The second-order valence-corrected chi connectivity index (χ2v) is 5.39. The minimum Gasteiger partial charge on any atom is -0.461 e. The molecule has 8 heteroatoms. The maximum atomic E-state index is 13.7. The van der Waals surface area contributed by atoms with Gasteiger partial charge in [0.05, 0.1) is 12.1 Å². The number of hydrogen-bond donors (Lipinski definition) is 1. The summed E-state index contributed by atoms with van der Waals surface area (Å²) in [6.07, 6.45) is 0. The Morgan fingerprint density at radius 2 is 2.10 bits per heavy atom. The third-order valence-corrected chi connectivity index (χ3v) is 3.48. The monoisotopic (exact) mass is 362 g/mol. The van der Waals surface area contributed by atoms with Gasteiger partial charge >= 0.3 is 5.97 Å². The topological polar surface area (TPSA) is 51.2 Å². The van der Waals surface area contributed by atoms with E-state index >= 15 is 0 Å². The van der Waals surface area contributed by atoms with E-state index in [1.807, 2.05) is 0 Å². The van der Waals surface area contributed by atoms with Crippen LogP contribution in [-0.2, 0) is 4.74 Å². The molecule has 1 aromatic heterocycles. The second kappa shape index (κ2) is 6.27. The molecule has 0 spiro atoms. The van der Waals surface area contributed by atoms with Crippen LogP contribution < -0.4 is 5.32 Å². The summed E-state index contributed by atoms with van der Waals surface area (Å²) in [5.74, 6) is -2.20. The van der Waals surface area contributed by atoms with Gasteiger partial charge in [0, 0.05) is 4.47 Å². The molecule has 1 N–H and O–H groups in total. The average molecular weight is 363 g/mol. The van der Waals surface area contributed by atoms with Gasteiger partial charge in [0.2, 0.25) is 0 Å². The number of nitrogens with one attached hydrogen (secondary N) is 1. The predicted molar refractivity (Wildman–Crippen MR) is 75.4 cm³/mol. The van der Waals surface area contributed by atoms with Gasteiger partial charge in [-0.25, -0.2) is 18.6 Å². The molecule has 20 heavy (non-hydrogen) atoms. The van der Waals surface area contributed by atoms with Gasteiger partial charge in [0.1, 0.15) is 10.7 Å². The summed E-state index contributed by atoms with van der Waals surface area (Å²) in [7, 11) is 0. The van der Waals surface area contributed by atoms with E-state index in [1.54, 1.807) is 6.92 Å². The number of nitrogens with zero attached hydrogens (tertiary/aromatic N) is 1. The van der Waals surface area contributed by atoms with Crippen molar-refractivity contribution in [3.8, 4) is 0 Å². The molecule has 0 aliphatic rings. The zero-order chi connectivity index (χ0) is 14.7. The van der Waals surface area contributed by atoms with Crippen molar-refractivity contribution in [2.45, 2.75) is 6.92 Å². The van der Waals surface area contributed by atoms with Gasteiger partial charge < -0.3 is 10.1 Å². The fraction of sp³-hybridized carbons (Fsp3) is 0.167. The first-order chi connectivity index (χ1) is 9.52. The van der Waals surface area contributed by atoms with Crippen LogP contribution in [0.4, 0.5) is 19.5 Å². The van der Waals surface area contributed by atoms with Gasteiger partial charge in [-0.1, -0.05) is 15.9 Å². The standard InChI is InChI=1S/C12H9BrF2N2O2S/c1-2-19-12(18)10-11(20-5-16-10)17-9-7(14)3-6(13)4-8(9)15/h3-5,17H,2H2,1H3. The van der Waals surface area contributed by atoms with Crippen molar-refractivity contribution in [1.29, 1.82) is 0 Å². The predicted octanol–water partition coefficient (Wildman–Crippen LogP) is 4.10. The van der Waals surface area contributed by atoms with Gasteiger partial charge in [0.25, 0.3) is 0 Å². The number of carbonyl (C=O) groups excluding carboxylic acids is 1. The number of thiazole rings is 1. The van der Waals surface area contributed by atoms with E-state index in [-0.39, 0.29) is 27.5 Å². The lowest BCUT2D eigenvalue weighted by atomic mass is 10.3. The number of rotatable bonds is 4. The lowest BCUT2D eigenvalue weighted by Crippen LogP contribution is -2.08. The summed E-state index contributed by atoms with van der Waals surface area (Å²) in [6.45, 7) is 1.85. The first-order valence-electron chi connectivity index (χ1n) is 5.55. The quantitative estimate of drug-likeness (QED) is 0.831. The Hall–Kier alpha value is -1.54.